The summed E-state index contributed by atoms with van der Waals surface area (Å²) in [5.41, 5.74) is 5.79. The summed E-state index contributed by atoms with van der Waals surface area (Å²) in [7, 11) is 0. The third-order valence-corrected chi connectivity index (χ3v) is 2.37. The van der Waals surface area contributed by atoms with Gasteiger partial charge in [0.1, 0.15) is 0 Å². The molecule has 0 aromatic heterocycles. The normalized spacial score (nSPS) is 13.8. The molecule has 1 atom stereocenters. The second-order valence-electron chi connectivity index (χ2n) is 6.51. The smallest absolute Gasteiger partial charge is 0.237 e. The van der Waals surface area contributed by atoms with E-state index in [2.05, 4.69) is 39.9 Å². The van der Waals surface area contributed by atoms with Crippen LogP contribution < -0.4 is 11.1 Å². The van der Waals surface area contributed by atoms with Crippen LogP contribution in [0.3, 0.4) is 0 Å². The van der Waals surface area contributed by atoms with Crippen molar-refractivity contribution in [1.82, 2.24) is 5.32 Å². The maximum Gasteiger partial charge on any atom is 0.237 e. The van der Waals surface area contributed by atoms with Gasteiger partial charge in [0, 0.05) is 5.54 Å². The number of amides is 1. The summed E-state index contributed by atoms with van der Waals surface area (Å²) >= 11 is 0. The van der Waals surface area contributed by atoms with Crippen LogP contribution in [0.5, 0.6) is 0 Å². The maximum atomic E-state index is 11.8. The average molecular weight is 265 g/mol. The van der Waals surface area contributed by atoms with Gasteiger partial charge in [0.15, 0.2) is 0 Å². The minimum Gasteiger partial charge on any atom is -0.350 e. The Morgan fingerprint density at radius 2 is 1.71 bits per heavy atom. The van der Waals surface area contributed by atoms with Crippen molar-refractivity contribution in [3.05, 3.63) is 0 Å². The quantitative estimate of drug-likeness (QED) is 0.802. The lowest BCUT2D eigenvalue weighted by Crippen LogP contribution is -2.51. The highest BCUT2D eigenvalue weighted by molar-refractivity contribution is 5.85. The first kappa shape index (κ1) is 19.1. The summed E-state index contributed by atoms with van der Waals surface area (Å²) < 4.78 is 0. The lowest BCUT2D eigenvalue weighted by atomic mass is 9.81. The van der Waals surface area contributed by atoms with E-state index in [9.17, 15) is 4.79 Å². The van der Waals surface area contributed by atoms with E-state index in [1.165, 1.54) is 0 Å². The van der Waals surface area contributed by atoms with Crippen LogP contribution in [-0.2, 0) is 4.79 Å². The zero-order valence-electron chi connectivity index (χ0n) is 12.1. The van der Waals surface area contributed by atoms with Crippen molar-refractivity contribution in [1.29, 1.82) is 0 Å². The SMILES string of the molecule is CCCC(N)C(=O)NC(C)(C)CC(C)(C)C.Cl. The van der Waals surface area contributed by atoms with Gasteiger partial charge in [-0.05, 0) is 32.1 Å². The molecule has 3 nitrogen and oxygen atoms in total. The van der Waals surface area contributed by atoms with Crippen molar-refractivity contribution in [2.75, 3.05) is 0 Å². The molecular weight excluding hydrogens is 236 g/mol. The molecule has 0 aliphatic heterocycles. The van der Waals surface area contributed by atoms with Crippen molar-refractivity contribution in [2.24, 2.45) is 11.1 Å². The molecule has 1 unspecified atom stereocenters. The Labute approximate surface area is 112 Å². The van der Waals surface area contributed by atoms with Crippen LogP contribution in [0.25, 0.3) is 0 Å². The highest BCUT2D eigenvalue weighted by Gasteiger charge is 2.28. The second kappa shape index (κ2) is 7.22. The molecule has 0 heterocycles. The Balaban J connectivity index is 0. The molecule has 0 spiro atoms. The Hall–Kier alpha value is -0.280. The fourth-order valence-electron chi connectivity index (χ4n) is 2.24. The summed E-state index contributed by atoms with van der Waals surface area (Å²) in [5, 5.41) is 3.03. The standard InChI is InChI=1S/C13H28N2O.ClH/c1-7-8-10(14)11(16)15-13(5,6)9-12(2,3)4;/h10H,7-9,14H2,1-6H3,(H,15,16);1H. The van der Waals surface area contributed by atoms with Gasteiger partial charge in [0.05, 0.1) is 6.04 Å². The van der Waals surface area contributed by atoms with Crippen LogP contribution in [0.1, 0.15) is 60.8 Å². The van der Waals surface area contributed by atoms with Gasteiger partial charge < -0.3 is 11.1 Å². The highest BCUT2D eigenvalue weighted by Crippen LogP contribution is 2.26. The minimum absolute atomic E-state index is 0. The Bertz CT molecular complexity index is 234. The topological polar surface area (TPSA) is 55.1 Å². The molecule has 0 aromatic rings. The molecule has 0 saturated heterocycles. The molecule has 1 amide bonds. The van der Waals surface area contributed by atoms with Gasteiger partial charge in [-0.3, -0.25) is 4.79 Å². The van der Waals surface area contributed by atoms with E-state index in [4.69, 9.17) is 5.73 Å². The van der Waals surface area contributed by atoms with E-state index in [1.807, 2.05) is 6.92 Å². The largest absolute Gasteiger partial charge is 0.350 e. The molecule has 0 saturated carbocycles. The van der Waals surface area contributed by atoms with Crippen LogP contribution >= 0.6 is 12.4 Å². The fraction of sp³-hybridized carbons (Fsp3) is 0.923. The summed E-state index contributed by atoms with van der Waals surface area (Å²) in [6.45, 7) is 12.7. The predicted octanol–water partition coefficient (Wildman–Crippen LogP) is 2.87. The van der Waals surface area contributed by atoms with E-state index in [0.717, 1.165) is 19.3 Å². The fourth-order valence-corrected chi connectivity index (χ4v) is 2.24. The predicted molar refractivity (Wildman–Crippen MR) is 76.4 cm³/mol. The Morgan fingerprint density at radius 3 is 2.06 bits per heavy atom. The molecule has 3 N–H and O–H groups in total. The molecule has 0 aliphatic rings. The molecule has 0 rings (SSSR count). The first-order valence-electron chi connectivity index (χ1n) is 6.15. The van der Waals surface area contributed by atoms with E-state index in [0.29, 0.717) is 0 Å². The van der Waals surface area contributed by atoms with E-state index in [1.54, 1.807) is 0 Å². The van der Waals surface area contributed by atoms with Gasteiger partial charge in [-0.2, -0.15) is 0 Å². The van der Waals surface area contributed by atoms with Crippen LogP contribution in [0, 0.1) is 5.41 Å². The monoisotopic (exact) mass is 264 g/mol. The van der Waals surface area contributed by atoms with Gasteiger partial charge in [0.2, 0.25) is 5.91 Å². The summed E-state index contributed by atoms with van der Waals surface area (Å²) in [6.07, 6.45) is 2.62. The molecule has 0 bridgehead atoms. The molecule has 4 heteroatoms. The van der Waals surface area contributed by atoms with Gasteiger partial charge in [-0.15, -0.1) is 12.4 Å². The van der Waals surface area contributed by atoms with Crippen molar-refractivity contribution in [3.8, 4) is 0 Å². The highest BCUT2D eigenvalue weighted by atomic mass is 35.5. The molecule has 17 heavy (non-hydrogen) atoms. The molecule has 0 aliphatic carbocycles. The zero-order valence-corrected chi connectivity index (χ0v) is 12.9. The minimum atomic E-state index is -0.371. The maximum absolute atomic E-state index is 11.8. The van der Waals surface area contributed by atoms with Crippen LogP contribution in [0.2, 0.25) is 0 Å². The summed E-state index contributed by atoms with van der Waals surface area (Å²) in [6, 6.07) is -0.371. The third kappa shape index (κ3) is 9.42. The third-order valence-electron chi connectivity index (χ3n) is 2.37. The summed E-state index contributed by atoms with van der Waals surface area (Å²) in [4.78, 5) is 11.8. The lowest BCUT2D eigenvalue weighted by Gasteiger charge is -2.34. The number of halogens is 1. The van der Waals surface area contributed by atoms with Crippen LogP contribution in [-0.4, -0.2) is 17.5 Å². The van der Waals surface area contributed by atoms with Crippen LogP contribution in [0.4, 0.5) is 0 Å². The van der Waals surface area contributed by atoms with Crippen molar-refractivity contribution >= 4 is 18.3 Å². The molecule has 0 aromatic carbocycles. The Morgan fingerprint density at radius 1 is 1.24 bits per heavy atom. The lowest BCUT2D eigenvalue weighted by molar-refractivity contribution is -0.124. The van der Waals surface area contributed by atoms with Crippen molar-refractivity contribution in [2.45, 2.75) is 72.4 Å². The summed E-state index contributed by atoms with van der Waals surface area (Å²) in [5.74, 6) is -0.0314. The van der Waals surface area contributed by atoms with E-state index in [-0.39, 0.29) is 35.3 Å². The second-order valence-corrected chi connectivity index (χ2v) is 6.51. The number of carbonyl (C=O) groups is 1. The average Bonchev–Trinajstić information content (AvgIpc) is 1.98. The van der Waals surface area contributed by atoms with Gasteiger partial charge in [-0.25, -0.2) is 0 Å². The number of nitrogens with one attached hydrogen (secondary N) is 1. The zero-order chi connectivity index (χ0) is 13.0. The van der Waals surface area contributed by atoms with E-state index >= 15 is 0 Å². The van der Waals surface area contributed by atoms with Gasteiger partial charge in [0.25, 0.3) is 0 Å². The Kier molecular flexibility index (Phi) is 8.10. The first-order chi connectivity index (χ1) is 7.07. The molecule has 104 valence electrons. The van der Waals surface area contributed by atoms with Crippen molar-refractivity contribution < 1.29 is 4.79 Å². The molecule has 0 radical (unpaired) electrons. The van der Waals surface area contributed by atoms with Crippen molar-refractivity contribution in [3.63, 3.8) is 0 Å². The number of hydrogen-bond donors (Lipinski definition) is 2. The number of nitrogens with two attached hydrogens (primary N) is 1. The van der Waals surface area contributed by atoms with Gasteiger partial charge in [-0.1, -0.05) is 34.1 Å². The van der Waals surface area contributed by atoms with Crippen LogP contribution in [0.15, 0.2) is 0 Å². The molecular formula is C13H29ClN2O. The first-order valence-corrected chi connectivity index (χ1v) is 6.15. The number of carbonyl (C=O) groups excluding carboxylic acids is 1. The van der Waals surface area contributed by atoms with Gasteiger partial charge >= 0.3 is 0 Å². The van der Waals surface area contributed by atoms with E-state index < -0.39 is 0 Å². The molecule has 0 fully saturated rings. The number of hydrogen-bond acceptors (Lipinski definition) is 2. The number of rotatable bonds is 5.